The predicted molar refractivity (Wildman–Crippen MR) is 122 cm³/mol. The molecule has 2 aromatic rings. The third-order valence-electron chi connectivity index (χ3n) is 5.27. The Morgan fingerprint density at radius 1 is 1.03 bits per heavy atom. The van der Waals surface area contributed by atoms with Crippen molar-refractivity contribution in [3.8, 4) is 0 Å². The van der Waals surface area contributed by atoms with Gasteiger partial charge in [-0.15, -0.1) is 0 Å². The van der Waals surface area contributed by atoms with Gasteiger partial charge in [0.1, 0.15) is 0 Å². The van der Waals surface area contributed by atoms with E-state index in [1.54, 1.807) is 17.9 Å². The fourth-order valence-corrected chi connectivity index (χ4v) is 3.90. The van der Waals surface area contributed by atoms with E-state index >= 15 is 0 Å². The van der Waals surface area contributed by atoms with Crippen LogP contribution in [0.15, 0.2) is 34.9 Å². The Labute approximate surface area is 200 Å². The number of halogens is 2. The molecular formula is C22H24Cl2N4O5. The lowest BCUT2D eigenvalue weighted by Crippen LogP contribution is -2.49. The number of carbonyl (C=O) groups is 4. The van der Waals surface area contributed by atoms with Crippen molar-refractivity contribution in [1.82, 2.24) is 20.9 Å². The van der Waals surface area contributed by atoms with Crippen LogP contribution in [0.4, 0.5) is 0 Å². The zero-order chi connectivity index (χ0) is 24.0. The Morgan fingerprint density at radius 2 is 1.76 bits per heavy atom. The maximum Gasteiger partial charge on any atom is 0.287 e. The molecule has 3 rings (SSSR count). The van der Waals surface area contributed by atoms with E-state index in [0.717, 1.165) is 5.56 Å². The summed E-state index contributed by atoms with van der Waals surface area (Å²) in [7, 11) is 0. The van der Waals surface area contributed by atoms with Crippen LogP contribution in [0.1, 0.15) is 39.3 Å². The lowest BCUT2D eigenvalue weighted by molar-refractivity contribution is -0.133. The minimum absolute atomic E-state index is 0.0597. The topological polar surface area (TPSA) is 121 Å². The van der Waals surface area contributed by atoms with Crippen molar-refractivity contribution in [3.63, 3.8) is 0 Å². The molecule has 1 aliphatic rings. The van der Waals surface area contributed by atoms with E-state index in [4.69, 9.17) is 27.6 Å². The fourth-order valence-electron chi connectivity index (χ4n) is 3.41. The van der Waals surface area contributed by atoms with Crippen LogP contribution in [0.25, 0.3) is 0 Å². The third-order valence-corrected chi connectivity index (χ3v) is 5.82. The van der Waals surface area contributed by atoms with Crippen molar-refractivity contribution in [2.75, 3.05) is 26.2 Å². The minimum Gasteiger partial charge on any atom is -0.459 e. The summed E-state index contributed by atoms with van der Waals surface area (Å²) in [4.78, 5) is 50.4. The zero-order valence-electron chi connectivity index (χ0n) is 18.0. The van der Waals surface area contributed by atoms with Crippen LogP contribution in [0, 0.1) is 6.92 Å². The average molecular weight is 495 g/mol. The van der Waals surface area contributed by atoms with Crippen molar-refractivity contribution in [1.29, 1.82) is 0 Å². The van der Waals surface area contributed by atoms with Gasteiger partial charge in [-0.2, -0.15) is 0 Å². The Kier molecular flexibility index (Phi) is 8.35. The predicted octanol–water partition coefficient (Wildman–Crippen LogP) is 2.16. The molecule has 33 heavy (non-hydrogen) atoms. The molecule has 1 aliphatic heterocycles. The number of hydrogen-bond donors (Lipinski definition) is 3. The second-order valence-electron chi connectivity index (χ2n) is 7.64. The summed E-state index contributed by atoms with van der Waals surface area (Å²) in [5.41, 5.74) is 0.963. The van der Waals surface area contributed by atoms with Gasteiger partial charge in [-0.3, -0.25) is 19.2 Å². The lowest BCUT2D eigenvalue weighted by atomic mass is 10.0. The van der Waals surface area contributed by atoms with Gasteiger partial charge in [-0.05, 0) is 44.0 Å². The first-order chi connectivity index (χ1) is 15.7. The van der Waals surface area contributed by atoms with Crippen LogP contribution in [0.3, 0.4) is 0 Å². The Bertz CT molecular complexity index is 1050. The Balaban J connectivity index is 1.36. The van der Waals surface area contributed by atoms with E-state index in [1.807, 2.05) is 0 Å². The van der Waals surface area contributed by atoms with Crippen molar-refractivity contribution in [3.05, 3.63) is 57.5 Å². The smallest absolute Gasteiger partial charge is 0.287 e. The van der Waals surface area contributed by atoms with Crippen LogP contribution >= 0.6 is 23.2 Å². The second-order valence-corrected chi connectivity index (χ2v) is 8.49. The summed E-state index contributed by atoms with van der Waals surface area (Å²) in [5.74, 6) is -1.23. The Morgan fingerprint density at radius 3 is 2.39 bits per heavy atom. The molecule has 1 aromatic carbocycles. The van der Waals surface area contributed by atoms with Crippen LogP contribution in [0.2, 0.25) is 10.0 Å². The van der Waals surface area contributed by atoms with E-state index < -0.39 is 11.8 Å². The third kappa shape index (κ3) is 6.72. The first-order valence-electron chi connectivity index (χ1n) is 10.4. The number of nitrogens with zero attached hydrogens (tertiary/aromatic N) is 1. The lowest BCUT2D eigenvalue weighted by Gasteiger charge is -2.32. The standard InChI is InChI=1S/C22H24Cl2N4O5/c1-13-6-9-33-20(13)22(32)27-15-4-7-28(8-5-15)19(30)12-25-18(29)11-26-21(31)16-3-2-14(23)10-17(16)24/h2-3,6,9-10,15H,4-5,7-8,11-12H2,1H3,(H,25,29)(H,26,31)(H,27,32). The molecule has 176 valence electrons. The van der Waals surface area contributed by atoms with Crippen molar-refractivity contribution in [2.45, 2.75) is 25.8 Å². The highest BCUT2D eigenvalue weighted by atomic mass is 35.5. The van der Waals surface area contributed by atoms with E-state index in [9.17, 15) is 19.2 Å². The van der Waals surface area contributed by atoms with Gasteiger partial charge in [0.25, 0.3) is 11.8 Å². The highest BCUT2D eigenvalue weighted by Gasteiger charge is 2.25. The highest BCUT2D eigenvalue weighted by molar-refractivity contribution is 6.36. The number of carbonyl (C=O) groups excluding carboxylic acids is 4. The molecule has 0 bridgehead atoms. The van der Waals surface area contributed by atoms with Gasteiger partial charge in [0.2, 0.25) is 11.8 Å². The normalized spacial score (nSPS) is 14.0. The summed E-state index contributed by atoms with van der Waals surface area (Å²) < 4.78 is 5.20. The molecule has 4 amide bonds. The van der Waals surface area contributed by atoms with E-state index in [0.29, 0.717) is 36.7 Å². The molecule has 0 aliphatic carbocycles. The number of piperidine rings is 1. The van der Waals surface area contributed by atoms with Crippen LogP contribution < -0.4 is 16.0 Å². The summed E-state index contributed by atoms with van der Waals surface area (Å²) in [6.45, 7) is 2.24. The molecule has 11 heteroatoms. The van der Waals surface area contributed by atoms with Gasteiger partial charge in [0.05, 0.1) is 29.9 Å². The number of furan rings is 1. The molecule has 0 unspecified atom stereocenters. The summed E-state index contributed by atoms with van der Waals surface area (Å²) in [6.07, 6.45) is 2.67. The van der Waals surface area contributed by atoms with E-state index in [1.165, 1.54) is 24.5 Å². The van der Waals surface area contributed by atoms with Crippen LogP contribution in [0.5, 0.6) is 0 Å². The zero-order valence-corrected chi connectivity index (χ0v) is 19.5. The molecule has 0 spiro atoms. The molecule has 1 saturated heterocycles. The molecular weight excluding hydrogens is 471 g/mol. The number of likely N-dealkylation sites (tertiary alicyclic amines) is 1. The van der Waals surface area contributed by atoms with Gasteiger partial charge in [0.15, 0.2) is 5.76 Å². The number of aryl methyl sites for hydroxylation is 1. The van der Waals surface area contributed by atoms with Crippen LogP contribution in [-0.4, -0.2) is 60.7 Å². The van der Waals surface area contributed by atoms with Gasteiger partial charge in [0, 0.05) is 29.7 Å². The van der Waals surface area contributed by atoms with Gasteiger partial charge in [-0.1, -0.05) is 23.2 Å². The molecule has 0 atom stereocenters. The molecule has 0 saturated carbocycles. The number of rotatable bonds is 7. The number of benzene rings is 1. The summed E-state index contributed by atoms with van der Waals surface area (Å²) in [6, 6.07) is 6.08. The monoisotopic (exact) mass is 494 g/mol. The molecule has 1 fully saturated rings. The molecule has 2 heterocycles. The molecule has 1 aromatic heterocycles. The second kappa shape index (κ2) is 11.2. The van der Waals surface area contributed by atoms with Crippen molar-refractivity contribution < 1.29 is 23.6 Å². The number of amides is 4. The summed E-state index contributed by atoms with van der Waals surface area (Å²) >= 11 is 11.8. The van der Waals surface area contributed by atoms with Gasteiger partial charge in [-0.25, -0.2) is 0 Å². The largest absolute Gasteiger partial charge is 0.459 e. The minimum atomic E-state index is -0.521. The first kappa shape index (κ1) is 24.6. The molecule has 3 N–H and O–H groups in total. The van der Waals surface area contributed by atoms with Crippen LogP contribution in [-0.2, 0) is 9.59 Å². The van der Waals surface area contributed by atoms with Gasteiger partial charge >= 0.3 is 0 Å². The van der Waals surface area contributed by atoms with Crippen molar-refractivity contribution in [2.24, 2.45) is 0 Å². The van der Waals surface area contributed by atoms with E-state index in [2.05, 4.69) is 16.0 Å². The Hall–Kier alpha value is -3.04. The molecule has 9 nitrogen and oxygen atoms in total. The SMILES string of the molecule is Cc1ccoc1C(=O)NC1CCN(C(=O)CNC(=O)CNC(=O)c2ccc(Cl)cc2Cl)CC1. The molecule has 0 radical (unpaired) electrons. The maximum absolute atomic E-state index is 12.4. The highest BCUT2D eigenvalue weighted by Crippen LogP contribution is 2.20. The quantitative estimate of drug-likeness (QED) is 0.544. The van der Waals surface area contributed by atoms with Crippen molar-refractivity contribution >= 4 is 46.8 Å². The number of hydrogen-bond acceptors (Lipinski definition) is 5. The first-order valence-corrected chi connectivity index (χ1v) is 11.1. The van der Waals surface area contributed by atoms with Gasteiger partial charge < -0.3 is 25.3 Å². The number of nitrogens with one attached hydrogen (secondary N) is 3. The summed E-state index contributed by atoms with van der Waals surface area (Å²) in [5, 5.41) is 8.44. The average Bonchev–Trinajstić information content (AvgIpc) is 3.22. The fraction of sp³-hybridized carbons (Fsp3) is 0.364. The maximum atomic E-state index is 12.4. The van der Waals surface area contributed by atoms with E-state index in [-0.39, 0.29) is 41.5 Å².